The van der Waals surface area contributed by atoms with Gasteiger partial charge < -0.3 is 5.32 Å². The highest BCUT2D eigenvalue weighted by Gasteiger charge is 2.34. The van der Waals surface area contributed by atoms with Crippen LogP contribution in [0, 0.1) is 0 Å². The maximum absolute atomic E-state index is 13.4. The van der Waals surface area contributed by atoms with Crippen molar-refractivity contribution in [3.63, 3.8) is 0 Å². The number of halogens is 3. The van der Waals surface area contributed by atoms with Crippen molar-refractivity contribution in [2.24, 2.45) is 5.10 Å². The first-order valence-electron chi connectivity index (χ1n) is 10.3. The van der Waals surface area contributed by atoms with E-state index in [0.29, 0.717) is 23.1 Å². The van der Waals surface area contributed by atoms with Gasteiger partial charge in [-0.3, -0.25) is 9.78 Å². The number of nitrogens with one attached hydrogen (secondary N) is 1. The van der Waals surface area contributed by atoms with Gasteiger partial charge in [0.05, 0.1) is 17.1 Å². The van der Waals surface area contributed by atoms with Gasteiger partial charge in [0.15, 0.2) is 0 Å². The molecule has 1 N–H and O–H groups in total. The Morgan fingerprint density at radius 2 is 2.00 bits per heavy atom. The molecule has 1 aromatic carbocycles. The molecule has 0 radical (unpaired) electrons. The van der Waals surface area contributed by atoms with E-state index in [2.05, 4.69) is 27.1 Å². The zero-order valence-corrected chi connectivity index (χ0v) is 17.2. The second-order valence-corrected chi connectivity index (χ2v) is 7.76. The third-order valence-electron chi connectivity index (χ3n) is 5.63. The van der Waals surface area contributed by atoms with Gasteiger partial charge in [0.25, 0.3) is 5.91 Å². The average Bonchev–Trinajstić information content (AvgIpc) is 2.80. The molecule has 2 heterocycles. The molecule has 3 aromatic rings. The van der Waals surface area contributed by atoms with Crippen molar-refractivity contribution in [2.45, 2.75) is 43.9 Å². The molecule has 2 aromatic heterocycles. The van der Waals surface area contributed by atoms with Gasteiger partial charge in [0.2, 0.25) is 0 Å². The molecule has 1 aliphatic carbocycles. The van der Waals surface area contributed by atoms with Crippen molar-refractivity contribution in [1.29, 1.82) is 0 Å². The molecule has 1 fully saturated rings. The number of fused-ring (bicyclic) bond motifs is 1. The number of para-hydroxylation sites is 1. The van der Waals surface area contributed by atoms with Gasteiger partial charge in [-0.05, 0) is 49.9 Å². The number of aromatic nitrogens is 2. The summed E-state index contributed by atoms with van der Waals surface area (Å²) in [6.07, 6.45) is 1.33. The number of alkyl halides is 3. The molecule has 4 rings (SSSR count). The van der Waals surface area contributed by atoms with Crippen LogP contribution in [0.3, 0.4) is 0 Å². The summed E-state index contributed by atoms with van der Waals surface area (Å²) in [7, 11) is 0. The summed E-state index contributed by atoms with van der Waals surface area (Å²) >= 11 is 0. The molecule has 1 amide bonds. The van der Waals surface area contributed by atoms with Crippen LogP contribution in [-0.4, -0.2) is 39.7 Å². The highest BCUT2D eigenvalue weighted by atomic mass is 19.4. The van der Waals surface area contributed by atoms with Gasteiger partial charge in [-0.1, -0.05) is 18.2 Å². The second-order valence-electron chi connectivity index (χ2n) is 7.76. The van der Waals surface area contributed by atoms with E-state index in [1.54, 1.807) is 42.6 Å². The molecule has 0 aliphatic heterocycles. The highest BCUT2D eigenvalue weighted by molar-refractivity contribution is 5.94. The van der Waals surface area contributed by atoms with Gasteiger partial charge in [0.1, 0.15) is 5.69 Å². The lowest BCUT2D eigenvalue weighted by molar-refractivity contribution is -0.140. The number of hydrogen-bond donors (Lipinski definition) is 1. The maximum Gasteiger partial charge on any atom is 0.433 e. The van der Waals surface area contributed by atoms with Crippen molar-refractivity contribution in [2.75, 3.05) is 5.32 Å². The number of nitrogens with zero attached hydrogens (tertiary/aromatic N) is 4. The Bertz CT molecular complexity index is 1120. The third-order valence-corrected chi connectivity index (χ3v) is 5.63. The number of amides is 1. The molecule has 9 heteroatoms. The van der Waals surface area contributed by atoms with Gasteiger partial charge in [-0.2, -0.15) is 18.3 Å². The minimum atomic E-state index is -4.55. The van der Waals surface area contributed by atoms with E-state index < -0.39 is 11.9 Å². The van der Waals surface area contributed by atoms with Gasteiger partial charge in [-0.15, -0.1) is 0 Å². The average molecular weight is 441 g/mol. The minimum Gasteiger partial charge on any atom is -0.382 e. The highest BCUT2D eigenvalue weighted by Crippen LogP contribution is 2.35. The van der Waals surface area contributed by atoms with Crippen LogP contribution in [0.1, 0.15) is 41.7 Å². The largest absolute Gasteiger partial charge is 0.433 e. The fraction of sp³-hybridized carbons (Fsp3) is 0.304. The number of rotatable bonds is 5. The number of carbonyl (C=O) groups excluding carboxylic acids is 1. The van der Waals surface area contributed by atoms with E-state index in [-0.39, 0.29) is 23.5 Å². The van der Waals surface area contributed by atoms with Crippen LogP contribution >= 0.6 is 0 Å². The number of carbonyl (C=O) groups is 1. The van der Waals surface area contributed by atoms with Gasteiger partial charge in [-0.25, -0.2) is 9.99 Å². The lowest BCUT2D eigenvalue weighted by Gasteiger charge is -2.35. The van der Waals surface area contributed by atoms with Crippen molar-refractivity contribution >= 4 is 29.2 Å². The maximum atomic E-state index is 13.4. The fourth-order valence-corrected chi connectivity index (χ4v) is 4.14. The van der Waals surface area contributed by atoms with Gasteiger partial charge >= 0.3 is 6.18 Å². The first-order chi connectivity index (χ1) is 15.4. The van der Waals surface area contributed by atoms with E-state index in [9.17, 15) is 18.0 Å². The summed E-state index contributed by atoms with van der Waals surface area (Å²) in [6.45, 7) is 3.55. The quantitative estimate of drug-likeness (QED) is 0.440. The molecule has 0 bridgehead atoms. The van der Waals surface area contributed by atoms with E-state index >= 15 is 0 Å². The molecular weight excluding hydrogens is 419 g/mol. The van der Waals surface area contributed by atoms with Crippen molar-refractivity contribution in [1.82, 2.24) is 15.0 Å². The molecule has 2 atom stereocenters. The zero-order chi connectivity index (χ0) is 22.7. The molecule has 1 saturated carbocycles. The summed E-state index contributed by atoms with van der Waals surface area (Å²) < 4.78 is 40.1. The molecule has 6 nitrogen and oxygen atoms in total. The van der Waals surface area contributed by atoms with Crippen LogP contribution in [-0.2, 0) is 6.18 Å². The van der Waals surface area contributed by atoms with Crippen LogP contribution in [0.5, 0.6) is 0 Å². The fourth-order valence-electron chi connectivity index (χ4n) is 4.14. The molecule has 166 valence electrons. The predicted molar refractivity (Wildman–Crippen MR) is 116 cm³/mol. The Balaban J connectivity index is 1.57. The Morgan fingerprint density at radius 3 is 2.72 bits per heavy atom. The van der Waals surface area contributed by atoms with Crippen LogP contribution in [0.2, 0.25) is 0 Å². The summed E-state index contributed by atoms with van der Waals surface area (Å²) in [5, 5.41) is 9.19. The van der Waals surface area contributed by atoms with E-state index in [1.807, 2.05) is 0 Å². The third kappa shape index (κ3) is 4.56. The lowest BCUT2D eigenvalue weighted by Crippen LogP contribution is -2.42. The van der Waals surface area contributed by atoms with Crippen LogP contribution in [0.25, 0.3) is 10.9 Å². The normalized spacial score (nSPS) is 18.8. The lowest BCUT2D eigenvalue weighted by atomic mass is 9.90. The van der Waals surface area contributed by atoms with E-state index in [4.69, 9.17) is 0 Å². The number of benzene rings is 1. The van der Waals surface area contributed by atoms with Gasteiger partial charge in [0, 0.05) is 36.2 Å². The topological polar surface area (TPSA) is 70.5 Å². The Labute approximate surface area is 183 Å². The molecule has 1 aliphatic rings. The van der Waals surface area contributed by atoms with Crippen molar-refractivity contribution in [3.05, 3.63) is 66.1 Å². The molecule has 0 unspecified atom stereocenters. The van der Waals surface area contributed by atoms with E-state index in [0.717, 1.165) is 25.3 Å². The summed E-state index contributed by atoms with van der Waals surface area (Å²) in [4.78, 5) is 20.6. The van der Waals surface area contributed by atoms with Crippen molar-refractivity contribution < 1.29 is 18.0 Å². The number of anilines is 1. The summed E-state index contributed by atoms with van der Waals surface area (Å²) in [6, 6.07) is 10.8. The number of hydrogen-bond acceptors (Lipinski definition) is 5. The predicted octanol–water partition coefficient (Wildman–Crippen LogP) is 5.13. The smallest absolute Gasteiger partial charge is 0.382 e. The Kier molecular flexibility index (Phi) is 6.07. The Morgan fingerprint density at radius 1 is 1.19 bits per heavy atom. The second kappa shape index (κ2) is 8.94. The van der Waals surface area contributed by atoms with Crippen molar-refractivity contribution in [3.8, 4) is 0 Å². The first-order valence-corrected chi connectivity index (χ1v) is 10.3. The standard InChI is InChI=1S/C23H22F3N5O/c1-27-31(22(32)15-6-5-11-28-14-15)17-8-4-7-16(12-17)29-20-13-21(23(24,25)26)30-19-10-3-2-9-18(19)20/h2-3,5-6,9-11,13-14,16-17H,1,4,7-8,12H2,(H,29,30)/t16-,17+/m0/s1. The molecule has 32 heavy (non-hydrogen) atoms. The molecule has 0 saturated heterocycles. The summed E-state index contributed by atoms with van der Waals surface area (Å²) in [5.41, 5.74) is 0.126. The monoisotopic (exact) mass is 441 g/mol. The SMILES string of the molecule is C=NN(C(=O)c1cccnc1)[C@@H]1CCC[C@H](Nc2cc(C(F)(F)F)nc3ccccc23)C1. The first kappa shape index (κ1) is 21.7. The Hall–Kier alpha value is -3.49. The summed E-state index contributed by atoms with van der Waals surface area (Å²) in [5.74, 6) is -0.299. The minimum absolute atomic E-state index is 0.133. The zero-order valence-electron chi connectivity index (χ0n) is 17.2. The number of hydrazone groups is 1. The van der Waals surface area contributed by atoms with E-state index in [1.165, 1.54) is 11.2 Å². The van der Waals surface area contributed by atoms with Crippen LogP contribution in [0.4, 0.5) is 18.9 Å². The molecular formula is C23H22F3N5O. The van der Waals surface area contributed by atoms with Crippen LogP contribution in [0.15, 0.2) is 60.0 Å². The van der Waals surface area contributed by atoms with Crippen LogP contribution < -0.4 is 5.32 Å². The molecule has 0 spiro atoms. The number of pyridine rings is 2.